The quantitative estimate of drug-likeness (QED) is 0.469. The highest BCUT2D eigenvalue weighted by Crippen LogP contribution is 2.29. The van der Waals surface area contributed by atoms with E-state index in [0.29, 0.717) is 5.56 Å². The zero-order chi connectivity index (χ0) is 17.1. The van der Waals surface area contributed by atoms with Gasteiger partial charge in [0.2, 0.25) is 5.89 Å². The van der Waals surface area contributed by atoms with Gasteiger partial charge in [-0.1, -0.05) is 12.8 Å². The van der Waals surface area contributed by atoms with Gasteiger partial charge >= 0.3 is 5.97 Å². The fourth-order valence-corrected chi connectivity index (χ4v) is 2.72. The highest BCUT2D eigenvalue weighted by atomic mass is 16.6. The van der Waals surface area contributed by atoms with Crippen LogP contribution in [0.2, 0.25) is 0 Å². The fourth-order valence-electron chi connectivity index (χ4n) is 2.72. The minimum atomic E-state index is -0.627. The maximum atomic E-state index is 12.0. The Balaban J connectivity index is 1.67. The van der Waals surface area contributed by atoms with Crippen LogP contribution < -0.4 is 0 Å². The summed E-state index contributed by atoms with van der Waals surface area (Å²) in [5.74, 6) is 0.165. The van der Waals surface area contributed by atoms with E-state index in [-0.39, 0.29) is 29.4 Å². The van der Waals surface area contributed by atoms with Crippen LogP contribution in [0.15, 0.2) is 28.7 Å². The molecule has 24 heavy (non-hydrogen) atoms. The number of carbonyl (C=O) groups excluding carboxylic acids is 1. The lowest BCUT2D eigenvalue weighted by molar-refractivity contribution is -0.384. The van der Waals surface area contributed by atoms with Crippen molar-refractivity contribution in [3.05, 3.63) is 40.3 Å². The first-order chi connectivity index (χ1) is 11.5. The van der Waals surface area contributed by atoms with E-state index in [4.69, 9.17) is 9.15 Å². The van der Waals surface area contributed by atoms with Gasteiger partial charge in [-0.15, -0.1) is 10.2 Å². The number of ether oxygens (including phenoxy) is 1. The molecule has 8 heteroatoms. The zero-order valence-corrected chi connectivity index (χ0v) is 13.2. The summed E-state index contributed by atoms with van der Waals surface area (Å²) in [7, 11) is 0. The summed E-state index contributed by atoms with van der Waals surface area (Å²) in [6.45, 7) is 1.68. The van der Waals surface area contributed by atoms with E-state index in [2.05, 4.69) is 10.2 Å². The molecule has 8 nitrogen and oxygen atoms in total. The van der Waals surface area contributed by atoms with E-state index in [1.165, 1.54) is 24.3 Å². The molecule has 0 amide bonds. The second kappa shape index (κ2) is 6.77. The van der Waals surface area contributed by atoms with Crippen molar-refractivity contribution in [2.75, 3.05) is 0 Å². The highest BCUT2D eigenvalue weighted by molar-refractivity contribution is 5.72. The van der Waals surface area contributed by atoms with Crippen molar-refractivity contribution in [3.8, 4) is 11.5 Å². The Morgan fingerprint density at radius 2 is 1.96 bits per heavy atom. The van der Waals surface area contributed by atoms with E-state index >= 15 is 0 Å². The lowest BCUT2D eigenvalue weighted by Gasteiger charge is -2.13. The van der Waals surface area contributed by atoms with Gasteiger partial charge in [0.1, 0.15) is 0 Å². The van der Waals surface area contributed by atoms with Crippen molar-refractivity contribution in [3.63, 3.8) is 0 Å². The van der Waals surface area contributed by atoms with Gasteiger partial charge in [-0.05, 0) is 31.9 Å². The van der Waals surface area contributed by atoms with Gasteiger partial charge in [0.15, 0.2) is 6.10 Å². The molecule has 0 unspecified atom stereocenters. The van der Waals surface area contributed by atoms with Gasteiger partial charge < -0.3 is 9.15 Å². The largest absolute Gasteiger partial charge is 0.452 e. The Labute approximate surface area is 138 Å². The summed E-state index contributed by atoms with van der Waals surface area (Å²) in [5.41, 5.74) is 0.547. The number of hydrogen-bond donors (Lipinski definition) is 0. The van der Waals surface area contributed by atoms with Crippen molar-refractivity contribution in [1.29, 1.82) is 0 Å². The van der Waals surface area contributed by atoms with Gasteiger partial charge in [0.25, 0.3) is 11.6 Å². The Hall–Kier alpha value is -2.77. The van der Waals surface area contributed by atoms with E-state index in [1.54, 1.807) is 6.92 Å². The monoisotopic (exact) mass is 331 g/mol. The van der Waals surface area contributed by atoms with Crippen LogP contribution in [0.1, 0.15) is 44.6 Å². The molecule has 0 aliphatic heterocycles. The zero-order valence-electron chi connectivity index (χ0n) is 13.2. The van der Waals surface area contributed by atoms with Crippen LogP contribution in [0.5, 0.6) is 0 Å². The van der Waals surface area contributed by atoms with Crippen LogP contribution >= 0.6 is 0 Å². The predicted molar refractivity (Wildman–Crippen MR) is 82.9 cm³/mol. The van der Waals surface area contributed by atoms with E-state index in [9.17, 15) is 14.9 Å². The van der Waals surface area contributed by atoms with Crippen molar-refractivity contribution in [2.45, 2.75) is 38.7 Å². The summed E-state index contributed by atoms with van der Waals surface area (Å²) in [6.07, 6.45) is 3.21. The molecule has 1 heterocycles. The number of carbonyl (C=O) groups is 1. The Morgan fingerprint density at radius 1 is 1.29 bits per heavy atom. The van der Waals surface area contributed by atoms with Crippen LogP contribution in [0.3, 0.4) is 0 Å². The second-order valence-corrected chi connectivity index (χ2v) is 5.81. The number of esters is 1. The number of non-ortho nitro benzene ring substituents is 1. The average molecular weight is 331 g/mol. The molecule has 2 aromatic rings. The minimum Gasteiger partial charge on any atom is -0.452 e. The molecule has 0 saturated heterocycles. The SMILES string of the molecule is C[C@@H](OC(=O)C1CCCC1)c1nnc(-c2ccc([N+](=O)[O-])cc2)o1. The molecule has 0 bridgehead atoms. The van der Waals surface area contributed by atoms with Gasteiger partial charge in [0, 0.05) is 17.7 Å². The minimum absolute atomic E-state index is 0.0163. The Kier molecular flexibility index (Phi) is 4.54. The molecular weight excluding hydrogens is 314 g/mol. The van der Waals surface area contributed by atoms with Gasteiger partial charge in [-0.25, -0.2) is 0 Å². The normalized spacial score (nSPS) is 16.0. The van der Waals surface area contributed by atoms with Crippen LogP contribution in [0, 0.1) is 16.0 Å². The molecule has 3 rings (SSSR count). The molecule has 1 saturated carbocycles. The van der Waals surface area contributed by atoms with E-state index in [1.807, 2.05) is 0 Å². The van der Waals surface area contributed by atoms with Gasteiger partial charge in [-0.3, -0.25) is 14.9 Å². The number of nitro benzene ring substituents is 1. The van der Waals surface area contributed by atoms with Crippen LogP contribution in [0.25, 0.3) is 11.5 Å². The number of nitro groups is 1. The van der Waals surface area contributed by atoms with Gasteiger partial charge in [-0.2, -0.15) is 0 Å². The number of hydrogen-bond acceptors (Lipinski definition) is 7. The third-order valence-electron chi connectivity index (χ3n) is 4.09. The van der Waals surface area contributed by atoms with E-state index < -0.39 is 11.0 Å². The fraction of sp³-hybridized carbons (Fsp3) is 0.438. The smallest absolute Gasteiger partial charge is 0.309 e. The summed E-state index contributed by atoms with van der Waals surface area (Å²) in [6, 6.07) is 5.79. The summed E-state index contributed by atoms with van der Waals surface area (Å²) in [5, 5.41) is 18.5. The highest BCUT2D eigenvalue weighted by Gasteiger charge is 2.27. The third kappa shape index (κ3) is 3.42. The average Bonchev–Trinajstić information content (AvgIpc) is 3.26. The van der Waals surface area contributed by atoms with Crippen LogP contribution in [-0.2, 0) is 9.53 Å². The number of aromatic nitrogens is 2. The predicted octanol–water partition coefficient (Wildman–Crippen LogP) is 3.44. The van der Waals surface area contributed by atoms with Gasteiger partial charge in [0.05, 0.1) is 10.8 Å². The van der Waals surface area contributed by atoms with Crippen LogP contribution in [0.4, 0.5) is 5.69 Å². The number of nitrogens with zero attached hydrogens (tertiary/aromatic N) is 3. The molecule has 0 radical (unpaired) electrons. The molecule has 1 aromatic carbocycles. The van der Waals surface area contributed by atoms with Crippen molar-refractivity contribution < 1.29 is 18.9 Å². The Morgan fingerprint density at radius 3 is 2.58 bits per heavy atom. The summed E-state index contributed by atoms with van der Waals surface area (Å²) < 4.78 is 10.9. The first-order valence-corrected chi connectivity index (χ1v) is 7.83. The van der Waals surface area contributed by atoms with Crippen molar-refractivity contribution >= 4 is 11.7 Å². The molecule has 126 valence electrons. The standard InChI is InChI=1S/C16H17N3O5/c1-10(23-16(20)12-4-2-3-5-12)14-17-18-15(24-14)11-6-8-13(9-7-11)19(21)22/h6-10,12H,2-5H2,1H3/t10-/m1/s1. The first-order valence-electron chi connectivity index (χ1n) is 7.83. The molecule has 1 aliphatic rings. The van der Waals surface area contributed by atoms with E-state index in [0.717, 1.165) is 25.7 Å². The molecule has 1 aliphatic carbocycles. The second-order valence-electron chi connectivity index (χ2n) is 5.81. The summed E-state index contributed by atoms with van der Waals surface area (Å²) in [4.78, 5) is 22.2. The molecule has 1 atom stereocenters. The van der Waals surface area contributed by atoms with Crippen molar-refractivity contribution in [2.24, 2.45) is 5.92 Å². The Bertz CT molecular complexity index is 734. The number of benzene rings is 1. The maximum absolute atomic E-state index is 12.0. The first kappa shape index (κ1) is 16.1. The van der Waals surface area contributed by atoms with Crippen LogP contribution in [-0.4, -0.2) is 21.1 Å². The lowest BCUT2D eigenvalue weighted by Crippen LogP contribution is -2.17. The molecule has 0 spiro atoms. The lowest BCUT2D eigenvalue weighted by atomic mass is 10.1. The summed E-state index contributed by atoms with van der Waals surface area (Å²) >= 11 is 0. The van der Waals surface area contributed by atoms with Crippen molar-refractivity contribution in [1.82, 2.24) is 10.2 Å². The molecular formula is C16H17N3O5. The topological polar surface area (TPSA) is 108 Å². The molecule has 1 fully saturated rings. The molecule has 0 N–H and O–H groups in total. The molecule has 1 aromatic heterocycles. The third-order valence-corrected chi connectivity index (χ3v) is 4.09. The number of rotatable bonds is 5. The maximum Gasteiger partial charge on any atom is 0.309 e.